The van der Waals surface area contributed by atoms with E-state index in [1.54, 1.807) is 31.4 Å². The van der Waals surface area contributed by atoms with E-state index >= 15 is 0 Å². The summed E-state index contributed by atoms with van der Waals surface area (Å²) in [5.41, 5.74) is 3.86. The molecule has 0 saturated heterocycles. The summed E-state index contributed by atoms with van der Waals surface area (Å²) in [4.78, 5) is 23.7. The lowest BCUT2D eigenvalue weighted by molar-refractivity contribution is -0.124. The quantitative estimate of drug-likeness (QED) is 0.525. The fraction of sp³-hybridized carbons (Fsp3) is 0.250. The van der Waals surface area contributed by atoms with Gasteiger partial charge in [-0.1, -0.05) is 12.1 Å². The van der Waals surface area contributed by atoms with Crippen LogP contribution in [-0.2, 0) is 9.59 Å². The molecule has 0 saturated carbocycles. The first kappa shape index (κ1) is 20.0. The van der Waals surface area contributed by atoms with Crippen LogP contribution in [-0.4, -0.2) is 31.7 Å². The largest absolute Gasteiger partial charge is 0.497 e. The number of carbonyl (C=O) groups excluding carboxylic acids is 2. The molecule has 0 heterocycles. The molecule has 0 aliphatic rings. The molecule has 142 valence electrons. The van der Waals surface area contributed by atoms with Crippen molar-refractivity contribution in [1.82, 2.24) is 5.43 Å². The summed E-state index contributed by atoms with van der Waals surface area (Å²) in [6.07, 6.45) is 1.63. The van der Waals surface area contributed by atoms with Crippen LogP contribution in [0.5, 0.6) is 11.5 Å². The van der Waals surface area contributed by atoms with Gasteiger partial charge in [-0.3, -0.25) is 9.59 Å². The highest BCUT2D eigenvalue weighted by molar-refractivity contribution is 5.93. The molecule has 0 bridgehead atoms. The van der Waals surface area contributed by atoms with Crippen LogP contribution >= 0.6 is 0 Å². The summed E-state index contributed by atoms with van der Waals surface area (Å²) in [5, 5.41) is 6.62. The predicted octanol–water partition coefficient (Wildman–Crippen LogP) is 2.96. The average Bonchev–Trinajstić information content (AvgIpc) is 2.68. The van der Waals surface area contributed by atoms with E-state index in [0.717, 1.165) is 11.3 Å². The number of hydrazone groups is 1. The lowest BCUT2D eigenvalue weighted by Gasteiger charge is -2.06. The monoisotopic (exact) mass is 369 g/mol. The van der Waals surface area contributed by atoms with Crippen LogP contribution < -0.4 is 20.2 Å². The summed E-state index contributed by atoms with van der Waals surface area (Å²) in [6.45, 7) is 2.49. The van der Waals surface area contributed by atoms with E-state index in [0.29, 0.717) is 18.0 Å². The molecule has 2 aromatic rings. The Morgan fingerprint density at radius 3 is 2.48 bits per heavy atom. The van der Waals surface area contributed by atoms with Crippen molar-refractivity contribution in [3.05, 3.63) is 54.1 Å². The Morgan fingerprint density at radius 2 is 1.78 bits per heavy atom. The summed E-state index contributed by atoms with van der Waals surface area (Å²) < 4.78 is 10.5. The van der Waals surface area contributed by atoms with Gasteiger partial charge in [-0.05, 0) is 48.9 Å². The molecule has 2 amide bonds. The number of anilines is 1. The highest BCUT2D eigenvalue weighted by atomic mass is 16.5. The topological polar surface area (TPSA) is 89.0 Å². The second kappa shape index (κ2) is 10.6. The van der Waals surface area contributed by atoms with Crippen LogP contribution in [0.15, 0.2) is 53.6 Å². The van der Waals surface area contributed by atoms with E-state index in [-0.39, 0.29) is 24.7 Å². The highest BCUT2D eigenvalue weighted by Gasteiger charge is 2.07. The molecular weight excluding hydrogens is 346 g/mol. The molecular formula is C20H23N3O4. The van der Waals surface area contributed by atoms with Crippen molar-refractivity contribution in [3.8, 4) is 11.5 Å². The second-order valence-electron chi connectivity index (χ2n) is 5.58. The van der Waals surface area contributed by atoms with Gasteiger partial charge < -0.3 is 14.8 Å². The Hall–Kier alpha value is -3.35. The maximum absolute atomic E-state index is 11.9. The number of nitrogens with zero attached hydrogens (tertiary/aromatic N) is 1. The van der Waals surface area contributed by atoms with Crippen LogP contribution in [0.4, 0.5) is 5.69 Å². The van der Waals surface area contributed by atoms with Crippen molar-refractivity contribution >= 4 is 23.7 Å². The molecule has 0 unspecified atom stereocenters. The first-order valence-corrected chi connectivity index (χ1v) is 8.59. The van der Waals surface area contributed by atoms with Gasteiger partial charge in [0.05, 0.1) is 19.9 Å². The van der Waals surface area contributed by atoms with Gasteiger partial charge in [-0.2, -0.15) is 5.10 Å². The Kier molecular flexibility index (Phi) is 7.84. The van der Waals surface area contributed by atoms with E-state index in [1.165, 1.54) is 6.21 Å². The van der Waals surface area contributed by atoms with Crippen molar-refractivity contribution in [2.75, 3.05) is 19.0 Å². The lowest BCUT2D eigenvalue weighted by Crippen LogP contribution is -2.20. The maximum Gasteiger partial charge on any atom is 0.240 e. The van der Waals surface area contributed by atoms with E-state index in [9.17, 15) is 9.59 Å². The standard InChI is InChI=1S/C20H23N3O4/c1-3-27-18-6-4-5-15(13-18)14-21-23-20(25)12-11-19(24)22-16-7-9-17(26-2)10-8-16/h4-10,13-14H,3,11-12H2,1-2H3,(H,22,24)(H,23,25). The number of amides is 2. The molecule has 0 aliphatic carbocycles. The van der Waals surface area contributed by atoms with Crippen molar-refractivity contribution in [2.24, 2.45) is 5.10 Å². The van der Waals surface area contributed by atoms with Crippen LogP contribution in [0.1, 0.15) is 25.3 Å². The van der Waals surface area contributed by atoms with Gasteiger partial charge in [0, 0.05) is 18.5 Å². The number of hydrogen-bond acceptors (Lipinski definition) is 5. The van der Waals surface area contributed by atoms with E-state index in [4.69, 9.17) is 9.47 Å². The minimum Gasteiger partial charge on any atom is -0.497 e. The Bertz CT molecular complexity index is 788. The maximum atomic E-state index is 11.9. The molecule has 27 heavy (non-hydrogen) atoms. The first-order chi connectivity index (χ1) is 13.1. The zero-order valence-corrected chi connectivity index (χ0v) is 15.4. The first-order valence-electron chi connectivity index (χ1n) is 8.59. The molecule has 0 atom stereocenters. The predicted molar refractivity (Wildman–Crippen MR) is 104 cm³/mol. The zero-order valence-electron chi connectivity index (χ0n) is 15.4. The van der Waals surface area contributed by atoms with Gasteiger partial charge in [-0.15, -0.1) is 0 Å². The molecule has 2 N–H and O–H groups in total. The van der Waals surface area contributed by atoms with Crippen molar-refractivity contribution in [3.63, 3.8) is 0 Å². The van der Waals surface area contributed by atoms with Crippen molar-refractivity contribution in [1.29, 1.82) is 0 Å². The van der Waals surface area contributed by atoms with Crippen molar-refractivity contribution in [2.45, 2.75) is 19.8 Å². The normalized spacial score (nSPS) is 10.4. The molecule has 7 heteroatoms. The third-order valence-electron chi connectivity index (χ3n) is 3.52. The SMILES string of the molecule is CCOc1cccc(C=NNC(=O)CCC(=O)Nc2ccc(OC)cc2)c1. The number of carbonyl (C=O) groups is 2. The van der Waals surface area contributed by atoms with Gasteiger partial charge in [-0.25, -0.2) is 5.43 Å². The molecule has 0 radical (unpaired) electrons. The number of rotatable bonds is 9. The Balaban J connectivity index is 1.73. The smallest absolute Gasteiger partial charge is 0.240 e. The van der Waals surface area contributed by atoms with Gasteiger partial charge in [0.1, 0.15) is 11.5 Å². The minimum absolute atomic E-state index is 0.0400. The molecule has 2 rings (SSSR count). The number of hydrogen-bond donors (Lipinski definition) is 2. The number of methoxy groups -OCH3 is 1. The van der Waals surface area contributed by atoms with Crippen LogP contribution in [0.25, 0.3) is 0 Å². The number of benzene rings is 2. The average molecular weight is 369 g/mol. The highest BCUT2D eigenvalue weighted by Crippen LogP contribution is 2.15. The molecule has 2 aromatic carbocycles. The van der Waals surface area contributed by atoms with Crippen LogP contribution in [0, 0.1) is 0 Å². The van der Waals surface area contributed by atoms with Gasteiger partial charge in [0.2, 0.25) is 11.8 Å². The van der Waals surface area contributed by atoms with E-state index in [2.05, 4.69) is 15.8 Å². The fourth-order valence-electron chi connectivity index (χ4n) is 2.21. The Labute approximate surface area is 158 Å². The molecule has 0 spiro atoms. The van der Waals surface area contributed by atoms with E-state index < -0.39 is 0 Å². The third kappa shape index (κ3) is 7.19. The van der Waals surface area contributed by atoms with E-state index in [1.807, 2.05) is 31.2 Å². The summed E-state index contributed by atoms with van der Waals surface area (Å²) in [6, 6.07) is 14.3. The summed E-state index contributed by atoms with van der Waals surface area (Å²) >= 11 is 0. The molecule has 0 fully saturated rings. The van der Waals surface area contributed by atoms with Crippen molar-refractivity contribution < 1.29 is 19.1 Å². The second-order valence-corrected chi connectivity index (χ2v) is 5.58. The lowest BCUT2D eigenvalue weighted by atomic mass is 10.2. The van der Waals surface area contributed by atoms with Gasteiger partial charge >= 0.3 is 0 Å². The van der Waals surface area contributed by atoms with Gasteiger partial charge in [0.25, 0.3) is 0 Å². The molecule has 0 aromatic heterocycles. The summed E-state index contributed by atoms with van der Waals surface area (Å²) in [5.74, 6) is 0.862. The Morgan fingerprint density at radius 1 is 1.04 bits per heavy atom. The number of ether oxygens (including phenoxy) is 2. The van der Waals surface area contributed by atoms with Gasteiger partial charge in [0.15, 0.2) is 0 Å². The fourth-order valence-corrected chi connectivity index (χ4v) is 2.21. The summed E-state index contributed by atoms with van der Waals surface area (Å²) in [7, 11) is 1.57. The third-order valence-corrected chi connectivity index (χ3v) is 3.52. The molecule has 0 aliphatic heterocycles. The van der Waals surface area contributed by atoms with Crippen LogP contribution in [0.2, 0.25) is 0 Å². The number of nitrogens with one attached hydrogen (secondary N) is 2. The van der Waals surface area contributed by atoms with Crippen LogP contribution in [0.3, 0.4) is 0 Å². The zero-order chi connectivity index (χ0) is 19.5. The molecule has 7 nitrogen and oxygen atoms in total. The minimum atomic E-state index is -0.336.